The third kappa shape index (κ3) is 2.95. The topological polar surface area (TPSA) is 70.3 Å². The van der Waals surface area contributed by atoms with Crippen molar-refractivity contribution >= 4 is 0 Å². The number of aromatic nitrogens is 2. The molecule has 0 bridgehead atoms. The maximum Gasteiger partial charge on any atom is 0.238 e. The molecule has 0 saturated heterocycles. The molecule has 0 aliphatic carbocycles. The quantitative estimate of drug-likeness (QED) is 0.864. The lowest BCUT2D eigenvalue weighted by molar-refractivity contribution is 0.286. The zero-order valence-electron chi connectivity index (χ0n) is 10.2. The van der Waals surface area contributed by atoms with Gasteiger partial charge in [-0.05, 0) is 23.8 Å². The number of hydrogen-bond acceptors (Lipinski definition) is 5. The van der Waals surface area contributed by atoms with Crippen LogP contribution in [0.15, 0.2) is 36.5 Å². The van der Waals surface area contributed by atoms with Gasteiger partial charge >= 0.3 is 0 Å². The number of nitrogens with two attached hydrogens (primary N) is 1. The standard InChI is InChI=1S/C13H15N3O2/c1-17-12-4-2-10(3-5-12)9-18-13-11(8-14)6-7-15-16-13/h2-7H,8-9,14H2,1H3. The number of rotatable bonds is 5. The summed E-state index contributed by atoms with van der Waals surface area (Å²) < 4.78 is 10.7. The third-order valence-corrected chi connectivity index (χ3v) is 2.52. The maximum atomic E-state index is 5.59. The molecule has 1 aromatic carbocycles. The van der Waals surface area contributed by atoms with Gasteiger partial charge in [-0.15, -0.1) is 5.10 Å². The minimum Gasteiger partial charge on any atom is -0.497 e. The molecule has 0 atom stereocenters. The van der Waals surface area contributed by atoms with Gasteiger partial charge < -0.3 is 15.2 Å². The molecule has 1 heterocycles. The molecular weight excluding hydrogens is 230 g/mol. The minimum absolute atomic E-state index is 0.382. The van der Waals surface area contributed by atoms with E-state index in [-0.39, 0.29) is 0 Å². The van der Waals surface area contributed by atoms with Crippen LogP contribution in [0.1, 0.15) is 11.1 Å². The third-order valence-electron chi connectivity index (χ3n) is 2.52. The van der Waals surface area contributed by atoms with Crippen LogP contribution in [0, 0.1) is 0 Å². The molecule has 0 unspecified atom stereocenters. The summed E-state index contributed by atoms with van der Waals surface area (Å²) in [7, 11) is 1.64. The summed E-state index contributed by atoms with van der Waals surface area (Å²) in [5.74, 6) is 1.30. The molecular formula is C13H15N3O2. The second kappa shape index (κ2) is 5.97. The summed E-state index contributed by atoms with van der Waals surface area (Å²) in [4.78, 5) is 0. The predicted octanol–water partition coefficient (Wildman–Crippen LogP) is 1.52. The summed E-state index contributed by atoms with van der Waals surface area (Å²) in [6, 6.07) is 9.46. The van der Waals surface area contributed by atoms with Crippen LogP contribution >= 0.6 is 0 Å². The van der Waals surface area contributed by atoms with Crippen molar-refractivity contribution in [3.8, 4) is 11.6 Å². The second-order valence-electron chi connectivity index (χ2n) is 3.70. The van der Waals surface area contributed by atoms with E-state index in [0.717, 1.165) is 16.9 Å². The van der Waals surface area contributed by atoms with Crippen LogP contribution in [-0.2, 0) is 13.2 Å². The SMILES string of the molecule is COc1ccc(COc2nnccc2CN)cc1. The monoisotopic (exact) mass is 245 g/mol. The van der Waals surface area contributed by atoms with Crippen molar-refractivity contribution in [2.24, 2.45) is 5.73 Å². The molecule has 0 aliphatic heterocycles. The van der Waals surface area contributed by atoms with Crippen LogP contribution in [0.25, 0.3) is 0 Å². The van der Waals surface area contributed by atoms with Crippen molar-refractivity contribution in [2.45, 2.75) is 13.2 Å². The fraction of sp³-hybridized carbons (Fsp3) is 0.231. The Morgan fingerprint density at radius 1 is 1.17 bits per heavy atom. The largest absolute Gasteiger partial charge is 0.497 e. The molecule has 5 nitrogen and oxygen atoms in total. The normalized spacial score (nSPS) is 10.1. The van der Waals surface area contributed by atoms with Crippen LogP contribution in [0.3, 0.4) is 0 Å². The summed E-state index contributed by atoms with van der Waals surface area (Å²) >= 11 is 0. The Hall–Kier alpha value is -2.14. The first-order chi connectivity index (χ1) is 8.83. The lowest BCUT2D eigenvalue weighted by Gasteiger charge is -2.08. The van der Waals surface area contributed by atoms with Gasteiger partial charge in [0.05, 0.1) is 13.3 Å². The van der Waals surface area contributed by atoms with Crippen LogP contribution in [0.4, 0.5) is 0 Å². The highest BCUT2D eigenvalue weighted by Crippen LogP contribution is 2.16. The first-order valence-corrected chi connectivity index (χ1v) is 5.60. The summed E-state index contributed by atoms with van der Waals surface area (Å²) in [5, 5.41) is 7.70. The smallest absolute Gasteiger partial charge is 0.238 e. The molecule has 2 aromatic rings. The van der Waals surface area contributed by atoms with Gasteiger partial charge in [-0.1, -0.05) is 12.1 Å². The van der Waals surface area contributed by atoms with E-state index in [4.69, 9.17) is 15.2 Å². The van der Waals surface area contributed by atoms with Gasteiger partial charge in [-0.3, -0.25) is 0 Å². The molecule has 18 heavy (non-hydrogen) atoms. The fourth-order valence-electron chi connectivity index (χ4n) is 1.49. The molecule has 5 heteroatoms. The molecule has 0 saturated carbocycles. The lowest BCUT2D eigenvalue weighted by atomic mass is 10.2. The van der Waals surface area contributed by atoms with E-state index in [9.17, 15) is 0 Å². The van der Waals surface area contributed by atoms with E-state index in [0.29, 0.717) is 19.0 Å². The summed E-state index contributed by atoms with van der Waals surface area (Å²) in [5.41, 5.74) is 7.47. The highest BCUT2D eigenvalue weighted by atomic mass is 16.5. The van der Waals surface area contributed by atoms with E-state index in [1.165, 1.54) is 0 Å². The van der Waals surface area contributed by atoms with Crippen LogP contribution < -0.4 is 15.2 Å². The van der Waals surface area contributed by atoms with Gasteiger partial charge in [-0.25, -0.2) is 0 Å². The Bertz CT molecular complexity index is 500. The van der Waals surface area contributed by atoms with Crippen molar-refractivity contribution in [2.75, 3.05) is 7.11 Å². The predicted molar refractivity (Wildman–Crippen MR) is 67.2 cm³/mol. The number of hydrogen-bond donors (Lipinski definition) is 1. The van der Waals surface area contributed by atoms with E-state index in [1.54, 1.807) is 19.4 Å². The fourth-order valence-corrected chi connectivity index (χ4v) is 1.49. The first-order valence-electron chi connectivity index (χ1n) is 5.60. The van der Waals surface area contributed by atoms with E-state index in [2.05, 4.69) is 10.2 Å². The van der Waals surface area contributed by atoms with Gasteiger partial charge in [0.2, 0.25) is 5.88 Å². The highest BCUT2D eigenvalue weighted by molar-refractivity contribution is 5.28. The summed E-state index contributed by atoms with van der Waals surface area (Å²) in [6.07, 6.45) is 1.60. The molecule has 2 N–H and O–H groups in total. The van der Waals surface area contributed by atoms with Gasteiger partial charge in [-0.2, -0.15) is 5.10 Å². The van der Waals surface area contributed by atoms with Crippen LogP contribution in [-0.4, -0.2) is 17.3 Å². The zero-order chi connectivity index (χ0) is 12.8. The van der Waals surface area contributed by atoms with Crippen molar-refractivity contribution in [1.82, 2.24) is 10.2 Å². The van der Waals surface area contributed by atoms with Gasteiger partial charge in [0, 0.05) is 12.1 Å². The number of benzene rings is 1. The minimum atomic E-state index is 0.382. The molecule has 0 radical (unpaired) electrons. The van der Waals surface area contributed by atoms with Crippen molar-refractivity contribution in [1.29, 1.82) is 0 Å². The van der Waals surface area contributed by atoms with Crippen molar-refractivity contribution in [3.05, 3.63) is 47.7 Å². The molecule has 0 fully saturated rings. The molecule has 0 spiro atoms. The summed E-state index contributed by atoms with van der Waals surface area (Å²) in [6.45, 7) is 0.809. The Labute approximate surface area is 106 Å². The van der Waals surface area contributed by atoms with Crippen molar-refractivity contribution in [3.63, 3.8) is 0 Å². The van der Waals surface area contributed by atoms with Crippen LogP contribution in [0.5, 0.6) is 11.6 Å². The molecule has 0 amide bonds. The maximum absolute atomic E-state index is 5.59. The second-order valence-corrected chi connectivity index (χ2v) is 3.70. The Kier molecular flexibility index (Phi) is 4.09. The number of ether oxygens (including phenoxy) is 2. The molecule has 94 valence electrons. The van der Waals surface area contributed by atoms with Gasteiger partial charge in [0.15, 0.2) is 0 Å². The number of methoxy groups -OCH3 is 1. The zero-order valence-corrected chi connectivity index (χ0v) is 10.2. The Morgan fingerprint density at radius 2 is 1.94 bits per heavy atom. The Balaban J connectivity index is 2.02. The van der Waals surface area contributed by atoms with Crippen LogP contribution in [0.2, 0.25) is 0 Å². The van der Waals surface area contributed by atoms with E-state index < -0.39 is 0 Å². The number of nitrogens with zero attached hydrogens (tertiary/aromatic N) is 2. The average Bonchev–Trinajstić information content (AvgIpc) is 2.46. The van der Waals surface area contributed by atoms with E-state index in [1.807, 2.05) is 24.3 Å². The van der Waals surface area contributed by atoms with E-state index >= 15 is 0 Å². The van der Waals surface area contributed by atoms with Gasteiger partial charge in [0.25, 0.3) is 0 Å². The highest BCUT2D eigenvalue weighted by Gasteiger charge is 2.04. The first kappa shape index (κ1) is 12.3. The average molecular weight is 245 g/mol. The lowest BCUT2D eigenvalue weighted by Crippen LogP contribution is -2.05. The van der Waals surface area contributed by atoms with Crippen molar-refractivity contribution < 1.29 is 9.47 Å². The molecule has 1 aromatic heterocycles. The van der Waals surface area contributed by atoms with Gasteiger partial charge in [0.1, 0.15) is 12.4 Å². The molecule has 0 aliphatic rings. The molecule has 2 rings (SSSR count). The Morgan fingerprint density at radius 3 is 2.61 bits per heavy atom.